The standard InChI is InChI=1S/C15H21BFNO2/c1-13(2)14(3,4)20-16(19-13)12-11(17)10(6-9-18-12)15(5)7-8-15/h6,9H,7-8H2,1-5H3. The maximum atomic E-state index is 14.7. The van der Waals surface area contributed by atoms with Crippen LogP contribution in [0.5, 0.6) is 0 Å². The maximum absolute atomic E-state index is 14.7. The van der Waals surface area contributed by atoms with Crippen molar-refractivity contribution in [2.75, 3.05) is 0 Å². The minimum absolute atomic E-state index is 0.0363. The number of halogens is 1. The second kappa shape index (κ2) is 4.04. The van der Waals surface area contributed by atoms with E-state index in [0.29, 0.717) is 0 Å². The molecule has 1 saturated heterocycles. The van der Waals surface area contributed by atoms with E-state index in [0.717, 1.165) is 18.4 Å². The molecule has 0 amide bonds. The van der Waals surface area contributed by atoms with Gasteiger partial charge in [0.15, 0.2) is 0 Å². The molecule has 3 nitrogen and oxygen atoms in total. The molecule has 1 aliphatic heterocycles. The lowest BCUT2D eigenvalue weighted by molar-refractivity contribution is 0.00578. The van der Waals surface area contributed by atoms with E-state index >= 15 is 0 Å². The molecule has 1 aromatic rings. The van der Waals surface area contributed by atoms with Gasteiger partial charge in [-0.1, -0.05) is 6.92 Å². The molecular formula is C15H21BFNO2. The van der Waals surface area contributed by atoms with Gasteiger partial charge in [-0.2, -0.15) is 0 Å². The summed E-state index contributed by atoms with van der Waals surface area (Å²) in [5.74, 6) is -0.272. The lowest BCUT2D eigenvalue weighted by atomic mass is 9.81. The molecule has 20 heavy (non-hydrogen) atoms. The molecule has 1 aromatic heterocycles. The number of aromatic nitrogens is 1. The second-order valence-corrected chi connectivity index (χ2v) is 7.21. The van der Waals surface area contributed by atoms with E-state index in [1.807, 2.05) is 27.7 Å². The highest BCUT2D eigenvalue weighted by Crippen LogP contribution is 2.48. The Hall–Kier alpha value is -0.935. The van der Waals surface area contributed by atoms with Gasteiger partial charge < -0.3 is 9.31 Å². The van der Waals surface area contributed by atoms with Crippen LogP contribution in [-0.4, -0.2) is 23.3 Å². The summed E-state index contributed by atoms with van der Waals surface area (Å²) in [4.78, 5) is 4.17. The topological polar surface area (TPSA) is 31.4 Å². The average Bonchev–Trinajstić information content (AvgIpc) is 3.01. The number of nitrogens with zero attached hydrogens (tertiary/aromatic N) is 1. The molecule has 0 bridgehead atoms. The summed E-state index contributed by atoms with van der Waals surface area (Å²) in [6.07, 6.45) is 3.70. The zero-order valence-corrected chi connectivity index (χ0v) is 12.8. The molecular weight excluding hydrogens is 256 g/mol. The summed E-state index contributed by atoms with van der Waals surface area (Å²) in [5.41, 5.74) is 0.00795. The van der Waals surface area contributed by atoms with Crippen LogP contribution in [-0.2, 0) is 14.7 Å². The summed E-state index contributed by atoms with van der Waals surface area (Å²) >= 11 is 0. The van der Waals surface area contributed by atoms with Crippen molar-refractivity contribution in [3.05, 3.63) is 23.6 Å². The Morgan fingerprint density at radius 2 is 1.65 bits per heavy atom. The first kappa shape index (κ1) is 14.0. The van der Waals surface area contributed by atoms with Crippen molar-refractivity contribution in [3.8, 4) is 0 Å². The predicted octanol–water partition coefficient (Wildman–Crippen LogP) is 2.57. The van der Waals surface area contributed by atoms with Crippen LogP contribution >= 0.6 is 0 Å². The minimum atomic E-state index is -0.734. The predicted molar refractivity (Wildman–Crippen MR) is 76.5 cm³/mol. The smallest absolute Gasteiger partial charge is 0.398 e. The zero-order valence-electron chi connectivity index (χ0n) is 12.8. The Bertz CT molecular complexity index is 539. The quantitative estimate of drug-likeness (QED) is 0.778. The van der Waals surface area contributed by atoms with Crippen molar-refractivity contribution < 1.29 is 13.7 Å². The highest BCUT2D eigenvalue weighted by atomic mass is 19.1. The largest absolute Gasteiger partial charge is 0.517 e. The highest BCUT2D eigenvalue weighted by Gasteiger charge is 2.54. The van der Waals surface area contributed by atoms with Crippen molar-refractivity contribution in [1.29, 1.82) is 0 Å². The first-order chi connectivity index (χ1) is 9.16. The Balaban J connectivity index is 1.97. The van der Waals surface area contributed by atoms with Crippen LogP contribution in [0.1, 0.15) is 53.0 Å². The van der Waals surface area contributed by atoms with E-state index in [1.165, 1.54) is 0 Å². The van der Waals surface area contributed by atoms with Crippen LogP contribution in [0.2, 0.25) is 0 Å². The second-order valence-electron chi connectivity index (χ2n) is 7.21. The third-order valence-corrected chi connectivity index (χ3v) is 5.04. The normalized spacial score (nSPS) is 25.8. The third-order valence-electron chi connectivity index (χ3n) is 5.04. The molecule has 3 rings (SSSR count). The lowest BCUT2D eigenvalue weighted by Crippen LogP contribution is -2.41. The molecule has 2 heterocycles. The van der Waals surface area contributed by atoms with Gasteiger partial charge in [-0.3, -0.25) is 4.98 Å². The van der Waals surface area contributed by atoms with Gasteiger partial charge in [0.25, 0.3) is 0 Å². The molecule has 2 fully saturated rings. The number of rotatable bonds is 2. The monoisotopic (exact) mass is 277 g/mol. The van der Waals surface area contributed by atoms with E-state index in [-0.39, 0.29) is 16.8 Å². The lowest BCUT2D eigenvalue weighted by Gasteiger charge is -2.32. The number of pyridine rings is 1. The fourth-order valence-electron chi connectivity index (χ4n) is 2.50. The molecule has 0 N–H and O–H groups in total. The SMILES string of the molecule is CC1(c2ccnc(B3OC(C)(C)C(C)(C)O3)c2F)CC1. The van der Waals surface area contributed by atoms with E-state index in [4.69, 9.17) is 9.31 Å². The van der Waals surface area contributed by atoms with Crippen LogP contribution in [0, 0.1) is 5.82 Å². The Labute approximate surface area is 120 Å². The van der Waals surface area contributed by atoms with Crippen molar-refractivity contribution in [3.63, 3.8) is 0 Å². The summed E-state index contributed by atoms with van der Waals surface area (Å²) in [6.45, 7) is 9.90. The van der Waals surface area contributed by atoms with Gasteiger partial charge in [0.1, 0.15) is 11.4 Å². The van der Waals surface area contributed by atoms with Crippen molar-refractivity contribution >= 4 is 12.7 Å². The summed E-state index contributed by atoms with van der Waals surface area (Å²) in [5, 5.41) is 0. The van der Waals surface area contributed by atoms with Gasteiger partial charge >= 0.3 is 7.12 Å². The Morgan fingerprint density at radius 3 is 2.15 bits per heavy atom. The van der Waals surface area contributed by atoms with E-state index in [2.05, 4.69) is 11.9 Å². The molecule has 0 radical (unpaired) electrons. The van der Waals surface area contributed by atoms with E-state index in [9.17, 15) is 4.39 Å². The number of hydrogen-bond acceptors (Lipinski definition) is 3. The maximum Gasteiger partial charge on any atom is 0.517 e. The summed E-state index contributed by atoms with van der Waals surface area (Å²) in [7, 11) is -0.734. The first-order valence-electron chi connectivity index (χ1n) is 7.17. The van der Waals surface area contributed by atoms with Crippen molar-refractivity contribution in [2.45, 2.75) is 64.1 Å². The zero-order chi connectivity index (χ0) is 14.8. The molecule has 1 saturated carbocycles. The first-order valence-corrected chi connectivity index (χ1v) is 7.17. The van der Waals surface area contributed by atoms with Gasteiger partial charge in [0.2, 0.25) is 0 Å². The van der Waals surface area contributed by atoms with Crippen LogP contribution in [0.25, 0.3) is 0 Å². The molecule has 2 aliphatic rings. The highest BCUT2D eigenvalue weighted by molar-refractivity contribution is 6.61. The molecule has 1 aliphatic carbocycles. The summed E-state index contributed by atoms with van der Waals surface area (Å²) < 4.78 is 26.5. The molecule has 108 valence electrons. The fraction of sp³-hybridized carbons (Fsp3) is 0.667. The van der Waals surface area contributed by atoms with Gasteiger partial charge in [0, 0.05) is 6.20 Å². The molecule has 0 atom stereocenters. The van der Waals surface area contributed by atoms with Gasteiger partial charge in [-0.15, -0.1) is 0 Å². The molecule has 0 unspecified atom stereocenters. The number of hydrogen-bond donors (Lipinski definition) is 0. The average molecular weight is 277 g/mol. The van der Waals surface area contributed by atoms with Crippen LogP contribution in [0.15, 0.2) is 12.3 Å². The van der Waals surface area contributed by atoms with E-state index in [1.54, 1.807) is 12.3 Å². The van der Waals surface area contributed by atoms with Crippen LogP contribution in [0.3, 0.4) is 0 Å². The fourth-order valence-corrected chi connectivity index (χ4v) is 2.50. The van der Waals surface area contributed by atoms with Crippen molar-refractivity contribution in [2.24, 2.45) is 0 Å². The van der Waals surface area contributed by atoms with Gasteiger partial charge in [-0.05, 0) is 57.6 Å². The molecule has 0 aromatic carbocycles. The van der Waals surface area contributed by atoms with Gasteiger partial charge in [-0.25, -0.2) is 4.39 Å². The third kappa shape index (κ3) is 1.99. The molecule has 0 spiro atoms. The van der Waals surface area contributed by atoms with Crippen molar-refractivity contribution in [1.82, 2.24) is 4.98 Å². The van der Waals surface area contributed by atoms with Crippen LogP contribution in [0.4, 0.5) is 4.39 Å². The van der Waals surface area contributed by atoms with Gasteiger partial charge in [0.05, 0.1) is 11.2 Å². The molecule has 5 heteroatoms. The summed E-state index contributed by atoms with van der Waals surface area (Å²) in [6, 6.07) is 1.77. The van der Waals surface area contributed by atoms with E-state index < -0.39 is 18.3 Å². The minimum Gasteiger partial charge on any atom is -0.398 e. The van der Waals surface area contributed by atoms with Crippen LogP contribution < -0.4 is 5.59 Å². The Kier molecular flexibility index (Phi) is 2.84. The Morgan fingerprint density at radius 1 is 1.10 bits per heavy atom.